The minimum atomic E-state index is -0.464. The number of rotatable bonds is 14. The summed E-state index contributed by atoms with van der Waals surface area (Å²) in [4.78, 5) is 40.3. The number of carbonyl (C=O) groups excluding carboxylic acids is 3. The van der Waals surface area contributed by atoms with Gasteiger partial charge in [0.1, 0.15) is 18.1 Å². The van der Waals surface area contributed by atoms with Gasteiger partial charge in [-0.1, -0.05) is 37.1 Å². The molecule has 0 aromatic heterocycles. The first-order valence-electron chi connectivity index (χ1n) is 14.6. The van der Waals surface area contributed by atoms with E-state index in [4.69, 9.17) is 14.2 Å². The van der Waals surface area contributed by atoms with Crippen LogP contribution in [0.25, 0.3) is 6.08 Å². The van der Waals surface area contributed by atoms with Crippen LogP contribution < -0.4 is 15.4 Å². The van der Waals surface area contributed by atoms with Crippen LogP contribution in [0.4, 0.5) is 0 Å². The highest BCUT2D eigenvalue weighted by atomic mass is 16.5. The molecule has 2 amide bonds. The van der Waals surface area contributed by atoms with E-state index in [1.807, 2.05) is 17.0 Å². The second kappa shape index (κ2) is 14.3. The minimum Gasteiger partial charge on any atom is -0.494 e. The first-order valence-corrected chi connectivity index (χ1v) is 14.6. The molecular formula is C32H39N3O6. The number of nitrogens with zero attached hydrogens (tertiary/aromatic N) is 1. The molecule has 0 spiro atoms. The number of nitrogens with one attached hydrogen (secondary N) is 2. The van der Waals surface area contributed by atoms with Crippen molar-refractivity contribution in [3.8, 4) is 5.75 Å². The fourth-order valence-electron chi connectivity index (χ4n) is 4.67. The van der Waals surface area contributed by atoms with Gasteiger partial charge in [0.25, 0.3) is 11.8 Å². The molecule has 3 fully saturated rings. The van der Waals surface area contributed by atoms with Gasteiger partial charge in [-0.2, -0.15) is 0 Å². The molecule has 9 heteroatoms. The minimum absolute atomic E-state index is 0.0361. The highest BCUT2D eigenvalue weighted by molar-refractivity contribution is 6.05. The lowest BCUT2D eigenvalue weighted by atomic mass is 10.1. The van der Waals surface area contributed by atoms with Gasteiger partial charge in [-0.15, -0.1) is 0 Å². The molecule has 1 saturated heterocycles. The van der Waals surface area contributed by atoms with Gasteiger partial charge in [0.2, 0.25) is 0 Å². The van der Waals surface area contributed by atoms with Gasteiger partial charge in [0, 0.05) is 18.7 Å². The highest BCUT2D eigenvalue weighted by Gasteiger charge is 2.23. The number of hydrogen-bond acceptors (Lipinski definition) is 7. The molecule has 2 aromatic rings. The monoisotopic (exact) mass is 561 g/mol. The maximum Gasteiger partial charge on any atom is 0.320 e. The number of ether oxygens (including phenoxy) is 3. The van der Waals surface area contributed by atoms with Crippen molar-refractivity contribution in [1.82, 2.24) is 15.5 Å². The first kappa shape index (κ1) is 28.8. The Morgan fingerprint density at radius 1 is 0.927 bits per heavy atom. The van der Waals surface area contributed by atoms with Crippen molar-refractivity contribution in [2.45, 2.75) is 38.0 Å². The van der Waals surface area contributed by atoms with E-state index in [1.165, 1.54) is 31.2 Å². The number of morpholine rings is 1. The lowest BCUT2D eigenvalue weighted by Gasteiger charge is -2.25. The van der Waals surface area contributed by atoms with Crippen molar-refractivity contribution in [3.05, 3.63) is 70.9 Å². The predicted octanol–water partition coefficient (Wildman–Crippen LogP) is 3.51. The molecule has 0 unspecified atom stereocenters. The van der Waals surface area contributed by atoms with Crippen molar-refractivity contribution in [2.24, 2.45) is 5.92 Å². The van der Waals surface area contributed by atoms with Crippen LogP contribution in [-0.4, -0.2) is 75.3 Å². The molecule has 2 aromatic carbocycles. The quantitative estimate of drug-likeness (QED) is 0.207. The molecule has 41 heavy (non-hydrogen) atoms. The lowest BCUT2D eigenvalue weighted by Crippen LogP contribution is -2.40. The highest BCUT2D eigenvalue weighted by Crippen LogP contribution is 2.40. The van der Waals surface area contributed by atoms with Crippen LogP contribution in [0.5, 0.6) is 5.75 Å². The van der Waals surface area contributed by atoms with Crippen LogP contribution in [0.2, 0.25) is 0 Å². The van der Waals surface area contributed by atoms with Crippen LogP contribution in [0.15, 0.2) is 54.2 Å². The molecular weight excluding hydrogens is 522 g/mol. The SMILES string of the molecule is O=C(CN1CCOCC1)OCCNC(=O)C(=Cc1ccc(C2CC2)cc1)NC(=O)c1ccc(OCCC2CC2)cc1. The second-order valence-electron chi connectivity index (χ2n) is 10.9. The fraction of sp³-hybridized carbons (Fsp3) is 0.469. The summed E-state index contributed by atoms with van der Waals surface area (Å²) < 4.78 is 16.4. The third-order valence-electron chi connectivity index (χ3n) is 7.50. The van der Waals surface area contributed by atoms with Crippen LogP contribution in [0, 0.1) is 5.92 Å². The maximum atomic E-state index is 13.1. The summed E-state index contributed by atoms with van der Waals surface area (Å²) in [6.45, 7) is 3.61. The Hall–Kier alpha value is -3.69. The third kappa shape index (κ3) is 9.43. The standard InChI is InChI=1S/C32H39N3O6/c36-30(22-35-15-19-39-20-16-35)41-18-14-33-32(38)29(21-24-3-5-25(6-4-24)26-7-8-26)34-31(37)27-9-11-28(12-10-27)40-17-13-23-1-2-23/h3-6,9-12,21,23,26H,1-2,7-8,13-20,22H2,(H,33,38)(H,34,37). The summed E-state index contributed by atoms with van der Waals surface area (Å²) in [5, 5.41) is 5.52. The van der Waals surface area contributed by atoms with E-state index in [-0.39, 0.29) is 31.4 Å². The average Bonchev–Trinajstić information content (AvgIpc) is 3.91. The van der Waals surface area contributed by atoms with E-state index in [1.54, 1.807) is 30.3 Å². The zero-order chi connectivity index (χ0) is 28.4. The zero-order valence-electron chi connectivity index (χ0n) is 23.4. The second-order valence-corrected chi connectivity index (χ2v) is 10.9. The normalized spacial score (nSPS) is 17.5. The van der Waals surface area contributed by atoms with Gasteiger partial charge < -0.3 is 24.8 Å². The molecule has 2 saturated carbocycles. The van der Waals surface area contributed by atoms with E-state index < -0.39 is 11.8 Å². The molecule has 0 atom stereocenters. The van der Waals surface area contributed by atoms with E-state index >= 15 is 0 Å². The van der Waals surface area contributed by atoms with E-state index in [9.17, 15) is 14.4 Å². The van der Waals surface area contributed by atoms with Gasteiger partial charge in [-0.05, 0) is 72.6 Å². The lowest BCUT2D eigenvalue weighted by molar-refractivity contribution is -0.146. The number of amides is 2. The Labute approximate surface area is 241 Å². The Bertz CT molecular complexity index is 1210. The molecule has 1 heterocycles. The van der Waals surface area contributed by atoms with Crippen molar-refractivity contribution < 1.29 is 28.6 Å². The summed E-state index contributed by atoms with van der Waals surface area (Å²) in [6.07, 6.45) is 7.71. The third-order valence-corrected chi connectivity index (χ3v) is 7.50. The summed E-state index contributed by atoms with van der Waals surface area (Å²) in [5.41, 5.74) is 2.62. The number of hydrogen-bond donors (Lipinski definition) is 2. The Morgan fingerprint density at radius 2 is 1.66 bits per heavy atom. The smallest absolute Gasteiger partial charge is 0.320 e. The van der Waals surface area contributed by atoms with E-state index in [2.05, 4.69) is 22.8 Å². The van der Waals surface area contributed by atoms with Gasteiger partial charge in [0.15, 0.2) is 0 Å². The average molecular weight is 562 g/mol. The van der Waals surface area contributed by atoms with E-state index in [0.717, 1.165) is 23.7 Å². The molecule has 9 nitrogen and oxygen atoms in total. The topological polar surface area (TPSA) is 106 Å². The number of benzene rings is 2. The van der Waals surface area contributed by atoms with Crippen molar-refractivity contribution >= 4 is 23.9 Å². The Kier molecular flexibility index (Phi) is 10.0. The van der Waals surface area contributed by atoms with Gasteiger partial charge in [0.05, 0.1) is 32.9 Å². The van der Waals surface area contributed by atoms with Gasteiger partial charge in [-0.25, -0.2) is 0 Å². The van der Waals surface area contributed by atoms with E-state index in [0.29, 0.717) is 44.4 Å². The molecule has 5 rings (SSSR count). The Morgan fingerprint density at radius 3 is 2.34 bits per heavy atom. The van der Waals surface area contributed by atoms with Crippen molar-refractivity contribution in [2.75, 3.05) is 52.6 Å². The molecule has 2 N–H and O–H groups in total. The summed E-state index contributed by atoms with van der Waals surface area (Å²) in [6, 6.07) is 15.0. The van der Waals surface area contributed by atoms with Crippen LogP contribution >= 0.6 is 0 Å². The molecule has 1 aliphatic heterocycles. The molecule has 2 aliphatic carbocycles. The predicted molar refractivity (Wildman–Crippen MR) is 154 cm³/mol. The summed E-state index contributed by atoms with van der Waals surface area (Å²) in [5.74, 6) is 0.928. The van der Waals surface area contributed by atoms with Crippen LogP contribution in [-0.2, 0) is 19.1 Å². The first-order chi connectivity index (χ1) is 20.0. The van der Waals surface area contributed by atoms with Crippen LogP contribution in [0.3, 0.4) is 0 Å². The molecule has 3 aliphatic rings. The van der Waals surface area contributed by atoms with Gasteiger partial charge in [-0.3, -0.25) is 19.3 Å². The van der Waals surface area contributed by atoms with Crippen LogP contribution in [0.1, 0.15) is 59.5 Å². The summed E-state index contributed by atoms with van der Waals surface area (Å²) in [7, 11) is 0. The molecule has 0 bridgehead atoms. The zero-order valence-corrected chi connectivity index (χ0v) is 23.4. The number of carbonyl (C=O) groups is 3. The maximum absolute atomic E-state index is 13.1. The number of esters is 1. The largest absolute Gasteiger partial charge is 0.494 e. The van der Waals surface area contributed by atoms with Crippen molar-refractivity contribution in [3.63, 3.8) is 0 Å². The van der Waals surface area contributed by atoms with Gasteiger partial charge >= 0.3 is 5.97 Å². The Balaban J connectivity index is 1.16. The van der Waals surface area contributed by atoms with Crippen molar-refractivity contribution in [1.29, 1.82) is 0 Å². The molecule has 0 radical (unpaired) electrons. The molecule has 218 valence electrons. The summed E-state index contributed by atoms with van der Waals surface area (Å²) >= 11 is 0. The fourth-order valence-corrected chi connectivity index (χ4v) is 4.67.